The van der Waals surface area contributed by atoms with E-state index in [2.05, 4.69) is 35.4 Å². The van der Waals surface area contributed by atoms with E-state index >= 15 is 0 Å². The topological polar surface area (TPSA) is 90.4 Å². The lowest BCUT2D eigenvalue weighted by Gasteiger charge is -2.18. The molecular weight excluding hydrogens is 392 g/mol. The Morgan fingerprint density at radius 2 is 1.94 bits per heavy atom. The van der Waals surface area contributed by atoms with Gasteiger partial charge in [-0.3, -0.25) is 0 Å². The van der Waals surface area contributed by atoms with Gasteiger partial charge in [-0.1, -0.05) is 18.1 Å². The smallest absolute Gasteiger partial charge is 0.223 e. The second-order valence-corrected chi connectivity index (χ2v) is 7.84. The Morgan fingerprint density at radius 1 is 1.13 bits per heavy atom. The second kappa shape index (κ2) is 8.37. The summed E-state index contributed by atoms with van der Waals surface area (Å²) in [5.74, 6) is 3.01. The third kappa shape index (κ3) is 4.10. The summed E-state index contributed by atoms with van der Waals surface area (Å²) in [5, 5.41) is 12.5. The molecule has 0 radical (unpaired) electrons. The molecule has 1 atom stereocenters. The SMILES string of the molecule is CC[C@@H](Cc1noc(C)n1)Nc1cc(C)nc2c(-c3ccc(OC)cc3C)c(C)nn12. The number of rotatable bonds is 7. The highest BCUT2D eigenvalue weighted by Gasteiger charge is 2.20. The summed E-state index contributed by atoms with van der Waals surface area (Å²) in [6.07, 6.45) is 1.57. The number of fused-ring (bicyclic) bond motifs is 1. The van der Waals surface area contributed by atoms with Crippen LogP contribution in [-0.4, -0.2) is 37.9 Å². The Kier molecular flexibility index (Phi) is 5.63. The van der Waals surface area contributed by atoms with Crippen LogP contribution in [0.2, 0.25) is 0 Å². The lowest BCUT2D eigenvalue weighted by Crippen LogP contribution is -2.24. The number of hydrogen-bond donors (Lipinski definition) is 1. The van der Waals surface area contributed by atoms with Crippen molar-refractivity contribution in [1.29, 1.82) is 0 Å². The van der Waals surface area contributed by atoms with Gasteiger partial charge in [0, 0.05) is 36.7 Å². The first kappa shape index (κ1) is 20.8. The molecule has 4 aromatic rings. The molecule has 3 aromatic heterocycles. The molecule has 162 valence electrons. The predicted octanol–water partition coefficient (Wildman–Crippen LogP) is 4.45. The van der Waals surface area contributed by atoms with E-state index in [1.807, 2.05) is 36.6 Å². The van der Waals surface area contributed by atoms with Crippen molar-refractivity contribution in [2.45, 2.75) is 53.5 Å². The number of nitrogens with zero attached hydrogens (tertiary/aromatic N) is 5. The fourth-order valence-electron chi connectivity index (χ4n) is 3.86. The zero-order chi connectivity index (χ0) is 22.1. The molecule has 0 saturated heterocycles. The van der Waals surface area contributed by atoms with Gasteiger partial charge in [0.05, 0.1) is 12.8 Å². The van der Waals surface area contributed by atoms with E-state index in [1.54, 1.807) is 14.0 Å². The highest BCUT2D eigenvalue weighted by atomic mass is 16.5. The summed E-state index contributed by atoms with van der Waals surface area (Å²) < 4.78 is 12.4. The summed E-state index contributed by atoms with van der Waals surface area (Å²) in [5.41, 5.74) is 5.94. The number of aromatic nitrogens is 5. The molecule has 0 aliphatic carbocycles. The monoisotopic (exact) mass is 420 g/mol. The molecule has 0 saturated carbocycles. The van der Waals surface area contributed by atoms with E-state index in [-0.39, 0.29) is 6.04 Å². The van der Waals surface area contributed by atoms with E-state index < -0.39 is 0 Å². The molecule has 0 unspecified atom stereocenters. The number of nitrogens with one attached hydrogen (secondary N) is 1. The molecule has 1 aromatic carbocycles. The van der Waals surface area contributed by atoms with Gasteiger partial charge < -0.3 is 14.6 Å². The van der Waals surface area contributed by atoms with Gasteiger partial charge >= 0.3 is 0 Å². The summed E-state index contributed by atoms with van der Waals surface area (Å²) in [7, 11) is 1.68. The van der Waals surface area contributed by atoms with Crippen LogP contribution in [0.25, 0.3) is 16.8 Å². The van der Waals surface area contributed by atoms with Crippen molar-refractivity contribution in [2.75, 3.05) is 12.4 Å². The van der Waals surface area contributed by atoms with Crippen LogP contribution in [-0.2, 0) is 6.42 Å². The Morgan fingerprint density at radius 3 is 2.58 bits per heavy atom. The van der Waals surface area contributed by atoms with E-state index in [4.69, 9.17) is 19.3 Å². The maximum absolute atomic E-state index is 5.37. The van der Waals surface area contributed by atoms with Crippen molar-refractivity contribution >= 4 is 11.5 Å². The molecule has 0 amide bonds. The van der Waals surface area contributed by atoms with Crippen LogP contribution in [0.5, 0.6) is 5.75 Å². The summed E-state index contributed by atoms with van der Waals surface area (Å²) in [6, 6.07) is 8.24. The molecular formula is C23H28N6O2. The third-order valence-corrected chi connectivity index (χ3v) is 5.44. The van der Waals surface area contributed by atoms with Gasteiger partial charge in [0.1, 0.15) is 11.6 Å². The quantitative estimate of drug-likeness (QED) is 0.472. The summed E-state index contributed by atoms with van der Waals surface area (Å²) in [6.45, 7) is 10.0. The fraction of sp³-hybridized carbons (Fsp3) is 0.391. The predicted molar refractivity (Wildman–Crippen MR) is 120 cm³/mol. The number of hydrogen-bond acceptors (Lipinski definition) is 7. The van der Waals surface area contributed by atoms with Crippen molar-refractivity contribution in [3.05, 3.63) is 52.9 Å². The van der Waals surface area contributed by atoms with E-state index in [1.165, 1.54) is 0 Å². The Hall–Kier alpha value is -3.42. The lowest BCUT2D eigenvalue weighted by molar-refractivity contribution is 0.386. The molecule has 0 aliphatic rings. The highest BCUT2D eigenvalue weighted by Crippen LogP contribution is 2.33. The lowest BCUT2D eigenvalue weighted by atomic mass is 10.0. The normalized spacial score (nSPS) is 12.3. The number of anilines is 1. The van der Waals surface area contributed by atoms with E-state index in [0.29, 0.717) is 18.1 Å². The molecule has 8 nitrogen and oxygen atoms in total. The van der Waals surface area contributed by atoms with Crippen LogP contribution < -0.4 is 10.1 Å². The molecule has 8 heteroatoms. The summed E-state index contributed by atoms with van der Waals surface area (Å²) >= 11 is 0. The number of benzene rings is 1. The van der Waals surface area contributed by atoms with E-state index in [0.717, 1.165) is 51.7 Å². The minimum Gasteiger partial charge on any atom is -0.497 e. The van der Waals surface area contributed by atoms with Gasteiger partial charge in [-0.05, 0) is 50.5 Å². The van der Waals surface area contributed by atoms with Crippen LogP contribution in [0, 0.1) is 27.7 Å². The van der Waals surface area contributed by atoms with Crippen molar-refractivity contribution in [3.63, 3.8) is 0 Å². The zero-order valence-corrected chi connectivity index (χ0v) is 18.9. The maximum Gasteiger partial charge on any atom is 0.223 e. The number of methoxy groups -OCH3 is 1. The zero-order valence-electron chi connectivity index (χ0n) is 18.9. The minimum absolute atomic E-state index is 0.137. The second-order valence-electron chi connectivity index (χ2n) is 7.84. The van der Waals surface area contributed by atoms with Crippen molar-refractivity contribution in [1.82, 2.24) is 24.7 Å². The Labute approximate surface area is 181 Å². The largest absolute Gasteiger partial charge is 0.497 e. The standard InChI is InChI=1S/C23H28N6O2/c1-7-17(12-20-25-16(5)31-28-20)26-21-11-14(3)24-23-22(15(4)27-29(21)23)19-9-8-18(30-6)10-13(19)2/h8-11,17,26H,7,12H2,1-6H3/t17-/m0/s1. The average molecular weight is 421 g/mol. The molecule has 4 rings (SSSR count). The molecule has 0 fully saturated rings. The van der Waals surface area contributed by atoms with Crippen LogP contribution in [0.15, 0.2) is 28.8 Å². The first-order valence-electron chi connectivity index (χ1n) is 10.5. The van der Waals surface area contributed by atoms with Crippen molar-refractivity contribution < 1.29 is 9.26 Å². The molecule has 31 heavy (non-hydrogen) atoms. The van der Waals surface area contributed by atoms with Gasteiger partial charge in [0.15, 0.2) is 11.5 Å². The number of ether oxygens (including phenoxy) is 1. The van der Waals surface area contributed by atoms with Crippen molar-refractivity contribution in [3.8, 4) is 16.9 Å². The Balaban J connectivity index is 1.75. The van der Waals surface area contributed by atoms with Gasteiger partial charge in [-0.2, -0.15) is 14.6 Å². The average Bonchev–Trinajstić information content (AvgIpc) is 3.29. The van der Waals surface area contributed by atoms with Gasteiger partial charge in [-0.15, -0.1) is 0 Å². The Bertz CT molecular complexity index is 1230. The fourth-order valence-corrected chi connectivity index (χ4v) is 3.86. The summed E-state index contributed by atoms with van der Waals surface area (Å²) in [4.78, 5) is 9.17. The first-order valence-corrected chi connectivity index (χ1v) is 10.5. The molecule has 0 spiro atoms. The molecule has 3 heterocycles. The van der Waals surface area contributed by atoms with Gasteiger partial charge in [0.25, 0.3) is 0 Å². The van der Waals surface area contributed by atoms with Gasteiger partial charge in [0.2, 0.25) is 5.89 Å². The van der Waals surface area contributed by atoms with Gasteiger partial charge in [-0.25, -0.2) is 4.98 Å². The third-order valence-electron chi connectivity index (χ3n) is 5.44. The van der Waals surface area contributed by atoms with Crippen LogP contribution in [0.4, 0.5) is 5.82 Å². The van der Waals surface area contributed by atoms with Crippen LogP contribution in [0.1, 0.15) is 42.0 Å². The van der Waals surface area contributed by atoms with Crippen LogP contribution in [0.3, 0.4) is 0 Å². The van der Waals surface area contributed by atoms with Crippen molar-refractivity contribution in [2.24, 2.45) is 0 Å². The molecule has 0 bridgehead atoms. The highest BCUT2D eigenvalue weighted by molar-refractivity contribution is 5.83. The molecule has 1 N–H and O–H groups in total. The first-order chi connectivity index (χ1) is 14.9. The maximum atomic E-state index is 5.37. The van der Waals surface area contributed by atoms with Crippen LogP contribution >= 0.6 is 0 Å². The minimum atomic E-state index is 0.137. The van der Waals surface area contributed by atoms with E-state index in [9.17, 15) is 0 Å². The number of aryl methyl sites for hydroxylation is 4. The molecule has 0 aliphatic heterocycles.